The Morgan fingerprint density at radius 3 is 2.58 bits per heavy atom. The van der Waals surface area contributed by atoms with Gasteiger partial charge < -0.3 is 18.9 Å². The second kappa shape index (κ2) is 5.53. The van der Waals surface area contributed by atoms with E-state index in [-0.39, 0.29) is 0 Å². The van der Waals surface area contributed by atoms with Gasteiger partial charge in [0.05, 0.1) is 25.2 Å². The van der Waals surface area contributed by atoms with Gasteiger partial charge in [-0.25, -0.2) is 0 Å². The lowest BCUT2D eigenvalue weighted by Crippen LogP contribution is -2.43. The molecule has 0 unspecified atom stereocenters. The van der Waals surface area contributed by atoms with Crippen LogP contribution in [0.2, 0.25) is 0 Å². The highest BCUT2D eigenvalue weighted by atomic mass is 16.7. The van der Waals surface area contributed by atoms with Gasteiger partial charge in [-0.2, -0.15) is 4.57 Å². The molecule has 0 saturated heterocycles. The number of hydrogen-bond acceptors (Lipinski definition) is 4. The minimum Gasteiger partial charge on any atom is -0.493 e. The van der Waals surface area contributed by atoms with E-state index in [1.54, 1.807) is 14.2 Å². The Kier molecular flexibility index (Phi) is 3.26. The van der Waals surface area contributed by atoms with Gasteiger partial charge in [-0.1, -0.05) is 0 Å². The molecule has 5 nitrogen and oxygen atoms in total. The SMILES string of the molecule is COc1ccc2cc3[n+](c(C)c2c1OC)CCc1cc2c(cc1-3)OCO2. The number of fused-ring (bicyclic) bond motifs is 5. The zero-order valence-electron chi connectivity index (χ0n) is 15.1. The Morgan fingerprint density at radius 1 is 1.00 bits per heavy atom. The third kappa shape index (κ3) is 2.00. The van der Waals surface area contributed by atoms with E-state index in [1.807, 2.05) is 6.07 Å². The van der Waals surface area contributed by atoms with Gasteiger partial charge >= 0.3 is 0 Å². The van der Waals surface area contributed by atoms with E-state index >= 15 is 0 Å². The number of benzene rings is 2. The summed E-state index contributed by atoms with van der Waals surface area (Å²) < 4.78 is 24.7. The lowest BCUT2D eigenvalue weighted by molar-refractivity contribution is -0.692. The summed E-state index contributed by atoms with van der Waals surface area (Å²) in [5, 5.41) is 2.23. The molecule has 132 valence electrons. The molecule has 0 bridgehead atoms. The Balaban J connectivity index is 1.81. The summed E-state index contributed by atoms with van der Waals surface area (Å²) in [6, 6.07) is 10.5. The second-order valence-corrected chi connectivity index (χ2v) is 6.64. The second-order valence-electron chi connectivity index (χ2n) is 6.64. The van der Waals surface area contributed by atoms with Crippen molar-refractivity contribution in [3.05, 3.63) is 41.6 Å². The van der Waals surface area contributed by atoms with Gasteiger partial charge in [-0.3, -0.25) is 0 Å². The minimum atomic E-state index is 0.298. The maximum Gasteiger partial charge on any atom is 0.231 e. The van der Waals surface area contributed by atoms with Gasteiger partial charge in [0.2, 0.25) is 12.5 Å². The fraction of sp³-hybridized carbons (Fsp3) is 0.286. The molecule has 1 aromatic heterocycles. The number of rotatable bonds is 2. The minimum absolute atomic E-state index is 0.298. The lowest BCUT2D eigenvalue weighted by atomic mass is 9.94. The normalized spacial score (nSPS) is 14.1. The summed E-state index contributed by atoms with van der Waals surface area (Å²) in [7, 11) is 3.36. The van der Waals surface area contributed by atoms with Crippen LogP contribution in [-0.4, -0.2) is 21.0 Å². The number of methoxy groups -OCH3 is 2. The van der Waals surface area contributed by atoms with Crippen molar-refractivity contribution in [1.29, 1.82) is 0 Å². The first-order valence-electron chi connectivity index (χ1n) is 8.72. The summed E-state index contributed by atoms with van der Waals surface area (Å²) in [5.74, 6) is 3.21. The maximum absolute atomic E-state index is 5.68. The monoisotopic (exact) mass is 350 g/mol. The molecule has 2 aliphatic heterocycles. The highest BCUT2D eigenvalue weighted by Gasteiger charge is 2.30. The van der Waals surface area contributed by atoms with Crippen molar-refractivity contribution in [3.8, 4) is 34.3 Å². The van der Waals surface area contributed by atoms with Crippen molar-refractivity contribution < 1.29 is 23.5 Å². The molecule has 2 aliphatic rings. The summed E-state index contributed by atoms with van der Waals surface area (Å²) in [5.41, 5.74) is 4.88. The average Bonchev–Trinajstić information content (AvgIpc) is 3.12. The molecular formula is C21H20NO4+. The zero-order chi connectivity index (χ0) is 17.8. The molecule has 5 rings (SSSR count). The molecule has 0 fully saturated rings. The van der Waals surface area contributed by atoms with E-state index in [1.165, 1.54) is 22.5 Å². The van der Waals surface area contributed by atoms with Crippen LogP contribution < -0.4 is 23.5 Å². The smallest absolute Gasteiger partial charge is 0.231 e. The number of nitrogens with zero attached hydrogens (tertiary/aromatic N) is 1. The number of pyridine rings is 1. The van der Waals surface area contributed by atoms with E-state index in [4.69, 9.17) is 18.9 Å². The van der Waals surface area contributed by atoms with Crippen LogP contribution >= 0.6 is 0 Å². The van der Waals surface area contributed by atoms with E-state index in [9.17, 15) is 0 Å². The fourth-order valence-electron chi connectivity index (χ4n) is 4.15. The fourth-order valence-corrected chi connectivity index (χ4v) is 4.15. The van der Waals surface area contributed by atoms with E-state index in [0.717, 1.165) is 46.7 Å². The Labute approximate surface area is 151 Å². The van der Waals surface area contributed by atoms with Gasteiger partial charge in [0.25, 0.3) is 0 Å². The molecule has 0 N–H and O–H groups in total. The van der Waals surface area contributed by atoms with E-state index in [0.29, 0.717) is 6.79 Å². The zero-order valence-corrected chi connectivity index (χ0v) is 15.1. The van der Waals surface area contributed by atoms with Crippen LogP contribution in [-0.2, 0) is 13.0 Å². The van der Waals surface area contributed by atoms with Crippen LogP contribution in [0.3, 0.4) is 0 Å². The predicted molar refractivity (Wildman–Crippen MR) is 97.2 cm³/mol. The topological polar surface area (TPSA) is 40.8 Å². The first-order chi connectivity index (χ1) is 12.7. The Morgan fingerprint density at radius 2 is 1.81 bits per heavy atom. The molecule has 26 heavy (non-hydrogen) atoms. The van der Waals surface area contributed by atoms with Gasteiger partial charge in [-0.05, 0) is 35.2 Å². The van der Waals surface area contributed by atoms with E-state index in [2.05, 4.69) is 35.8 Å². The number of hydrogen-bond donors (Lipinski definition) is 0. The molecule has 0 saturated carbocycles. The van der Waals surface area contributed by atoms with Crippen LogP contribution in [0.1, 0.15) is 11.3 Å². The van der Waals surface area contributed by atoms with Crippen LogP contribution in [0.4, 0.5) is 0 Å². The molecule has 3 heterocycles. The molecule has 0 radical (unpaired) electrons. The summed E-state index contributed by atoms with van der Waals surface area (Å²) in [6.45, 7) is 3.36. The van der Waals surface area contributed by atoms with Gasteiger partial charge in [0.1, 0.15) is 0 Å². The summed E-state index contributed by atoms with van der Waals surface area (Å²) in [4.78, 5) is 0. The Hall–Kier alpha value is -2.95. The first kappa shape index (κ1) is 15.3. The molecule has 0 spiro atoms. The summed E-state index contributed by atoms with van der Waals surface area (Å²) in [6.07, 6.45) is 0.961. The quantitative estimate of drug-likeness (QED) is 0.664. The van der Waals surface area contributed by atoms with Crippen LogP contribution in [0.15, 0.2) is 30.3 Å². The van der Waals surface area contributed by atoms with Gasteiger partial charge in [-0.15, -0.1) is 0 Å². The summed E-state index contributed by atoms with van der Waals surface area (Å²) >= 11 is 0. The predicted octanol–water partition coefficient (Wildman–Crippen LogP) is 3.40. The standard InChI is InChI=1S/C21H20NO4/c1-12-20-14(4-5-17(23-2)21(20)24-3)8-16-15-10-19-18(25-11-26-19)9-13(15)6-7-22(12)16/h4-5,8-10H,6-7,11H2,1-3H3/q+1. The van der Waals surface area contributed by atoms with Crippen LogP contribution in [0.25, 0.3) is 22.0 Å². The molecule has 0 aliphatic carbocycles. The molecule has 0 atom stereocenters. The van der Waals surface area contributed by atoms with Crippen molar-refractivity contribution in [2.75, 3.05) is 21.0 Å². The number of aromatic nitrogens is 1. The van der Waals surface area contributed by atoms with Crippen molar-refractivity contribution >= 4 is 10.8 Å². The lowest BCUT2D eigenvalue weighted by Gasteiger charge is -2.19. The number of aryl methyl sites for hydroxylation is 2. The third-order valence-electron chi connectivity index (χ3n) is 5.41. The number of ether oxygens (including phenoxy) is 4. The van der Waals surface area contributed by atoms with Gasteiger partial charge in [0.15, 0.2) is 35.2 Å². The molecule has 5 heteroatoms. The van der Waals surface area contributed by atoms with Crippen molar-refractivity contribution in [2.24, 2.45) is 0 Å². The third-order valence-corrected chi connectivity index (χ3v) is 5.41. The highest BCUT2D eigenvalue weighted by molar-refractivity contribution is 5.94. The highest BCUT2D eigenvalue weighted by Crippen LogP contribution is 2.42. The van der Waals surface area contributed by atoms with E-state index < -0.39 is 0 Å². The molecule has 2 aromatic carbocycles. The van der Waals surface area contributed by atoms with Crippen LogP contribution in [0, 0.1) is 6.92 Å². The largest absolute Gasteiger partial charge is 0.493 e. The van der Waals surface area contributed by atoms with Crippen LogP contribution in [0.5, 0.6) is 23.0 Å². The van der Waals surface area contributed by atoms with Crippen molar-refractivity contribution in [1.82, 2.24) is 0 Å². The average molecular weight is 350 g/mol. The maximum atomic E-state index is 5.68. The molecule has 0 amide bonds. The van der Waals surface area contributed by atoms with Crippen molar-refractivity contribution in [2.45, 2.75) is 19.9 Å². The molecule has 3 aromatic rings. The van der Waals surface area contributed by atoms with Gasteiger partial charge in [0, 0.05) is 19.4 Å². The Bertz CT molecular complexity index is 1060. The first-order valence-corrected chi connectivity index (χ1v) is 8.72. The molecular weight excluding hydrogens is 330 g/mol. The van der Waals surface area contributed by atoms with Crippen molar-refractivity contribution in [3.63, 3.8) is 0 Å².